The number of carbonyl (C=O) groups excluding carboxylic acids is 1. The molecule has 0 radical (unpaired) electrons. The van der Waals surface area contributed by atoms with E-state index in [9.17, 15) is 14.9 Å². The zero-order chi connectivity index (χ0) is 14.9. The number of Topliss-reactive ketones (excluding diaryl/α,β-unsaturated/α-hetero) is 1. The lowest BCUT2D eigenvalue weighted by atomic mass is 10.2. The quantitative estimate of drug-likeness (QED) is 0.629. The van der Waals surface area contributed by atoms with Crippen LogP contribution < -0.4 is 0 Å². The lowest BCUT2D eigenvalue weighted by Gasteiger charge is -2.28. The number of aliphatic imine (C=N–C) groups is 1. The second-order valence-electron chi connectivity index (χ2n) is 4.42. The second-order valence-corrected chi connectivity index (χ2v) is 5.40. The Balaban J connectivity index is 2.29. The van der Waals surface area contributed by atoms with Crippen LogP contribution in [0.15, 0.2) is 39.9 Å². The number of carbonyl (C=O) groups is 1. The average Bonchev–Trinajstić information content (AvgIpc) is 2.33. The maximum atomic E-state index is 11.6. The Morgan fingerprint density at radius 1 is 1.30 bits per heavy atom. The van der Waals surface area contributed by atoms with Crippen molar-refractivity contribution in [3.63, 3.8) is 0 Å². The fourth-order valence-electron chi connectivity index (χ4n) is 1.70. The molecular weight excluding hydrogens is 278 g/mol. The molecule has 0 aliphatic carbocycles. The Morgan fingerprint density at radius 3 is 2.35 bits per heavy atom. The summed E-state index contributed by atoms with van der Waals surface area (Å²) in [5, 5.41) is 12.1. The Labute approximate surface area is 120 Å². The van der Waals surface area contributed by atoms with Gasteiger partial charge in [-0.1, -0.05) is 11.8 Å². The molecule has 1 aromatic rings. The molecule has 1 aliphatic heterocycles. The Bertz CT molecular complexity index is 633. The van der Waals surface area contributed by atoms with Crippen LogP contribution >= 0.6 is 11.8 Å². The van der Waals surface area contributed by atoms with Gasteiger partial charge in [-0.05, 0) is 19.1 Å². The fraction of sp³-hybridized carbons (Fsp3) is 0.231. The van der Waals surface area contributed by atoms with Gasteiger partial charge in [-0.2, -0.15) is 0 Å². The summed E-state index contributed by atoms with van der Waals surface area (Å²) in [6, 6.07) is 5.92. The highest BCUT2D eigenvalue weighted by atomic mass is 32.2. The minimum Gasteiger partial charge on any atom is -0.372 e. The molecule has 1 heterocycles. The summed E-state index contributed by atoms with van der Waals surface area (Å²) in [6.07, 6.45) is 0. The first-order valence-corrected chi connectivity index (χ1v) is 6.65. The first-order chi connectivity index (χ1) is 9.40. The predicted octanol–water partition coefficient (Wildman–Crippen LogP) is 2.73. The van der Waals surface area contributed by atoms with Crippen molar-refractivity contribution in [2.75, 3.05) is 14.1 Å². The minimum atomic E-state index is -0.458. The zero-order valence-electron chi connectivity index (χ0n) is 11.3. The number of nitro groups is 1. The molecule has 0 aromatic heterocycles. The Kier molecular flexibility index (Phi) is 3.89. The first kappa shape index (κ1) is 14.3. The van der Waals surface area contributed by atoms with Gasteiger partial charge in [0.15, 0.2) is 5.78 Å². The summed E-state index contributed by atoms with van der Waals surface area (Å²) in [5.41, 5.74) is 1.22. The molecule has 0 bridgehead atoms. The molecule has 1 aliphatic rings. The molecule has 1 aromatic carbocycles. The summed E-state index contributed by atoms with van der Waals surface area (Å²) in [6.45, 7) is 1.50. The van der Waals surface area contributed by atoms with E-state index in [0.717, 1.165) is 5.03 Å². The SMILES string of the molecule is CC(=O)C1=C(N(C)C)SC1=Nc1ccc([N+](=O)[O-])cc1. The number of hydrogen-bond donors (Lipinski definition) is 0. The van der Waals surface area contributed by atoms with Gasteiger partial charge in [0.2, 0.25) is 0 Å². The van der Waals surface area contributed by atoms with Gasteiger partial charge in [0.1, 0.15) is 5.04 Å². The number of ketones is 1. The number of nitro benzene ring substituents is 1. The van der Waals surface area contributed by atoms with Crippen molar-refractivity contribution >= 4 is 34.0 Å². The van der Waals surface area contributed by atoms with Gasteiger partial charge in [-0.3, -0.25) is 14.9 Å². The van der Waals surface area contributed by atoms with E-state index in [0.29, 0.717) is 16.3 Å². The highest BCUT2D eigenvalue weighted by Gasteiger charge is 2.31. The lowest BCUT2D eigenvalue weighted by molar-refractivity contribution is -0.384. The van der Waals surface area contributed by atoms with Crippen LogP contribution in [0.25, 0.3) is 0 Å². The number of benzene rings is 1. The van der Waals surface area contributed by atoms with Crippen molar-refractivity contribution in [1.29, 1.82) is 0 Å². The van der Waals surface area contributed by atoms with Crippen molar-refractivity contribution < 1.29 is 9.72 Å². The molecule has 104 valence electrons. The van der Waals surface area contributed by atoms with E-state index in [1.165, 1.54) is 30.8 Å². The maximum Gasteiger partial charge on any atom is 0.269 e. The van der Waals surface area contributed by atoms with Crippen molar-refractivity contribution in [2.24, 2.45) is 4.99 Å². The molecule has 2 rings (SSSR count). The van der Waals surface area contributed by atoms with Gasteiger partial charge in [0.25, 0.3) is 5.69 Å². The van der Waals surface area contributed by atoms with E-state index in [4.69, 9.17) is 0 Å². The molecule has 20 heavy (non-hydrogen) atoms. The second kappa shape index (κ2) is 5.46. The molecule has 0 spiro atoms. The van der Waals surface area contributed by atoms with Crippen LogP contribution in [-0.2, 0) is 4.79 Å². The maximum absolute atomic E-state index is 11.6. The largest absolute Gasteiger partial charge is 0.372 e. The number of nitrogens with zero attached hydrogens (tertiary/aromatic N) is 3. The Morgan fingerprint density at radius 2 is 1.90 bits per heavy atom. The van der Waals surface area contributed by atoms with Gasteiger partial charge in [0.05, 0.1) is 21.2 Å². The molecule has 0 fully saturated rings. The standard InChI is InChI=1S/C13H13N3O3S/c1-8(17)11-12(20-13(11)15(2)3)14-9-4-6-10(7-5-9)16(18)19/h4-7H,1-3H3. The first-order valence-electron chi connectivity index (χ1n) is 5.84. The molecular formula is C13H13N3O3S. The summed E-state index contributed by atoms with van der Waals surface area (Å²) in [7, 11) is 3.74. The smallest absolute Gasteiger partial charge is 0.269 e. The third-order valence-electron chi connectivity index (χ3n) is 2.67. The van der Waals surface area contributed by atoms with Gasteiger partial charge in [-0.25, -0.2) is 4.99 Å². The third kappa shape index (κ3) is 2.72. The van der Waals surface area contributed by atoms with Crippen molar-refractivity contribution in [1.82, 2.24) is 4.90 Å². The molecule has 0 saturated heterocycles. The number of hydrogen-bond acceptors (Lipinski definition) is 6. The highest BCUT2D eigenvalue weighted by Crippen LogP contribution is 2.39. The van der Waals surface area contributed by atoms with Crippen LogP contribution in [0.3, 0.4) is 0 Å². The van der Waals surface area contributed by atoms with E-state index < -0.39 is 4.92 Å². The molecule has 0 amide bonds. The van der Waals surface area contributed by atoms with Crippen molar-refractivity contribution in [3.05, 3.63) is 45.0 Å². The summed E-state index contributed by atoms with van der Waals surface area (Å²) >= 11 is 1.42. The number of thioether (sulfide) groups is 1. The van der Waals surface area contributed by atoms with E-state index >= 15 is 0 Å². The van der Waals surface area contributed by atoms with E-state index in [-0.39, 0.29) is 11.5 Å². The lowest BCUT2D eigenvalue weighted by Crippen LogP contribution is -2.26. The zero-order valence-corrected chi connectivity index (χ0v) is 12.1. The minimum absolute atomic E-state index is 0.0199. The van der Waals surface area contributed by atoms with Gasteiger partial charge in [-0.15, -0.1) is 0 Å². The van der Waals surface area contributed by atoms with Gasteiger partial charge < -0.3 is 4.90 Å². The van der Waals surface area contributed by atoms with E-state index in [1.54, 1.807) is 12.1 Å². The van der Waals surface area contributed by atoms with Crippen LogP contribution in [0.2, 0.25) is 0 Å². The molecule has 0 saturated carbocycles. The molecule has 7 heteroatoms. The Hall–Kier alpha value is -2.15. The number of rotatable bonds is 4. The molecule has 0 unspecified atom stereocenters. The van der Waals surface area contributed by atoms with E-state index in [2.05, 4.69) is 4.99 Å². The van der Waals surface area contributed by atoms with Gasteiger partial charge >= 0.3 is 0 Å². The van der Waals surface area contributed by atoms with Gasteiger partial charge in [0, 0.05) is 26.2 Å². The molecule has 6 nitrogen and oxygen atoms in total. The molecule has 0 N–H and O–H groups in total. The van der Waals surface area contributed by atoms with Crippen LogP contribution in [0.1, 0.15) is 6.92 Å². The van der Waals surface area contributed by atoms with Crippen LogP contribution in [-0.4, -0.2) is 34.7 Å². The highest BCUT2D eigenvalue weighted by molar-refractivity contribution is 8.20. The molecule has 0 atom stereocenters. The van der Waals surface area contributed by atoms with E-state index in [1.807, 2.05) is 19.0 Å². The summed E-state index contributed by atoms with van der Waals surface area (Å²) in [4.78, 5) is 28.0. The summed E-state index contributed by atoms with van der Waals surface area (Å²) < 4.78 is 0. The third-order valence-corrected chi connectivity index (χ3v) is 3.92. The van der Waals surface area contributed by atoms with Crippen LogP contribution in [0.4, 0.5) is 11.4 Å². The van der Waals surface area contributed by atoms with Crippen molar-refractivity contribution in [3.8, 4) is 0 Å². The topological polar surface area (TPSA) is 75.8 Å². The van der Waals surface area contributed by atoms with Crippen LogP contribution in [0, 0.1) is 10.1 Å². The summed E-state index contributed by atoms with van der Waals surface area (Å²) in [5.74, 6) is -0.0342. The number of non-ortho nitro benzene ring substituents is 1. The normalized spacial score (nSPS) is 16.1. The predicted molar refractivity (Wildman–Crippen MR) is 79.2 cm³/mol. The monoisotopic (exact) mass is 291 g/mol. The average molecular weight is 291 g/mol. The van der Waals surface area contributed by atoms with Crippen molar-refractivity contribution in [2.45, 2.75) is 6.92 Å². The van der Waals surface area contributed by atoms with Crippen LogP contribution in [0.5, 0.6) is 0 Å². The fourth-order valence-corrected chi connectivity index (χ4v) is 2.75.